The molecule has 2 fully saturated rings. The van der Waals surface area contributed by atoms with E-state index < -0.39 is 0 Å². The third kappa shape index (κ3) is 2.75. The summed E-state index contributed by atoms with van der Waals surface area (Å²) >= 11 is 0. The predicted molar refractivity (Wildman–Crippen MR) is 66.0 cm³/mol. The Morgan fingerprint density at radius 3 is 2.20 bits per heavy atom. The van der Waals surface area contributed by atoms with Crippen molar-refractivity contribution >= 4 is 0 Å². The van der Waals surface area contributed by atoms with Crippen LogP contribution in [0.4, 0.5) is 0 Å². The van der Waals surface area contributed by atoms with Gasteiger partial charge in [0, 0.05) is 12.1 Å². The summed E-state index contributed by atoms with van der Waals surface area (Å²) in [5.41, 5.74) is 0.628. The molecule has 0 aromatic carbocycles. The van der Waals surface area contributed by atoms with Crippen LogP contribution in [0, 0.1) is 11.3 Å². The summed E-state index contributed by atoms with van der Waals surface area (Å²) in [4.78, 5) is 0. The topological polar surface area (TPSA) is 12.0 Å². The molecule has 2 rings (SSSR count). The van der Waals surface area contributed by atoms with Crippen molar-refractivity contribution in [2.75, 3.05) is 0 Å². The van der Waals surface area contributed by atoms with E-state index in [1.54, 1.807) is 0 Å². The Kier molecular flexibility index (Phi) is 3.39. The molecule has 2 aliphatic carbocycles. The maximum Gasteiger partial charge on any atom is 0.00951 e. The van der Waals surface area contributed by atoms with Gasteiger partial charge in [-0.1, -0.05) is 26.2 Å². The third-order valence-electron chi connectivity index (χ3n) is 4.95. The van der Waals surface area contributed by atoms with E-state index >= 15 is 0 Å². The van der Waals surface area contributed by atoms with Crippen LogP contribution in [-0.4, -0.2) is 12.1 Å². The molecule has 2 aliphatic rings. The van der Waals surface area contributed by atoms with Crippen molar-refractivity contribution < 1.29 is 0 Å². The zero-order chi connectivity index (χ0) is 10.9. The minimum Gasteiger partial charge on any atom is -0.311 e. The Hall–Kier alpha value is -0.0400. The van der Waals surface area contributed by atoms with Crippen LogP contribution in [0.2, 0.25) is 0 Å². The van der Waals surface area contributed by atoms with Crippen molar-refractivity contribution in [1.29, 1.82) is 0 Å². The van der Waals surface area contributed by atoms with Crippen LogP contribution >= 0.6 is 0 Å². The lowest BCUT2D eigenvalue weighted by molar-refractivity contribution is 0.242. The zero-order valence-corrected chi connectivity index (χ0v) is 10.7. The van der Waals surface area contributed by atoms with Gasteiger partial charge >= 0.3 is 0 Å². The number of hydrogen-bond donors (Lipinski definition) is 1. The fourth-order valence-corrected chi connectivity index (χ4v) is 3.00. The van der Waals surface area contributed by atoms with E-state index in [1.165, 1.54) is 44.9 Å². The van der Waals surface area contributed by atoms with Crippen LogP contribution in [0.25, 0.3) is 0 Å². The van der Waals surface area contributed by atoms with Crippen molar-refractivity contribution in [3.8, 4) is 0 Å². The highest BCUT2D eigenvalue weighted by molar-refractivity contribution is 4.97. The smallest absolute Gasteiger partial charge is 0.00951 e. The van der Waals surface area contributed by atoms with E-state index in [1.807, 2.05) is 0 Å². The Labute approximate surface area is 95.0 Å². The molecule has 0 heterocycles. The number of nitrogens with one attached hydrogen (secondary N) is 1. The SMILES string of the molecule is CC(NC(C)C1(C)CC1)C1CCCCC1. The van der Waals surface area contributed by atoms with E-state index in [-0.39, 0.29) is 0 Å². The second-order valence-corrected chi connectivity index (χ2v) is 6.23. The molecule has 0 aliphatic heterocycles. The van der Waals surface area contributed by atoms with Crippen molar-refractivity contribution in [3.05, 3.63) is 0 Å². The molecule has 0 radical (unpaired) electrons. The monoisotopic (exact) mass is 209 g/mol. The van der Waals surface area contributed by atoms with Gasteiger partial charge in [-0.05, 0) is 50.9 Å². The first-order valence-corrected chi connectivity index (χ1v) is 6.88. The molecule has 2 atom stereocenters. The normalized spacial score (nSPS) is 29.8. The largest absolute Gasteiger partial charge is 0.311 e. The highest BCUT2D eigenvalue weighted by Gasteiger charge is 2.43. The van der Waals surface area contributed by atoms with Gasteiger partial charge in [0.05, 0.1) is 0 Å². The van der Waals surface area contributed by atoms with Crippen LogP contribution in [-0.2, 0) is 0 Å². The molecular formula is C14H27N. The molecule has 15 heavy (non-hydrogen) atoms. The molecule has 0 amide bonds. The number of rotatable bonds is 4. The molecular weight excluding hydrogens is 182 g/mol. The maximum absolute atomic E-state index is 3.85. The fourth-order valence-electron chi connectivity index (χ4n) is 3.00. The first-order chi connectivity index (χ1) is 7.12. The first-order valence-electron chi connectivity index (χ1n) is 6.88. The summed E-state index contributed by atoms with van der Waals surface area (Å²) in [6, 6.07) is 1.45. The molecule has 0 bridgehead atoms. The molecule has 0 aromatic heterocycles. The van der Waals surface area contributed by atoms with Gasteiger partial charge in [-0.3, -0.25) is 0 Å². The standard InChI is InChI=1S/C14H27N/c1-11(13-7-5-4-6-8-13)15-12(2)14(3)9-10-14/h11-13,15H,4-10H2,1-3H3. The first kappa shape index (κ1) is 11.4. The Balaban J connectivity index is 1.77. The summed E-state index contributed by atoms with van der Waals surface area (Å²) in [5.74, 6) is 0.948. The van der Waals surface area contributed by atoms with Crippen LogP contribution in [0.15, 0.2) is 0 Å². The predicted octanol–water partition coefficient (Wildman–Crippen LogP) is 3.73. The Morgan fingerprint density at radius 1 is 1.07 bits per heavy atom. The van der Waals surface area contributed by atoms with Gasteiger partial charge in [0.25, 0.3) is 0 Å². The van der Waals surface area contributed by atoms with Crippen LogP contribution in [0.1, 0.15) is 65.7 Å². The van der Waals surface area contributed by atoms with Gasteiger partial charge < -0.3 is 5.32 Å². The van der Waals surface area contributed by atoms with Crippen molar-refractivity contribution in [1.82, 2.24) is 5.32 Å². The summed E-state index contributed by atoms with van der Waals surface area (Å²) in [7, 11) is 0. The highest BCUT2D eigenvalue weighted by atomic mass is 15.0. The average molecular weight is 209 g/mol. The minimum atomic E-state index is 0.628. The highest BCUT2D eigenvalue weighted by Crippen LogP contribution is 2.48. The van der Waals surface area contributed by atoms with Gasteiger partial charge in [0.2, 0.25) is 0 Å². The van der Waals surface area contributed by atoms with E-state index in [2.05, 4.69) is 26.1 Å². The molecule has 0 saturated heterocycles. The van der Waals surface area contributed by atoms with Crippen LogP contribution in [0.5, 0.6) is 0 Å². The van der Waals surface area contributed by atoms with Gasteiger partial charge in [0.1, 0.15) is 0 Å². The van der Waals surface area contributed by atoms with E-state index in [9.17, 15) is 0 Å². The molecule has 1 heteroatoms. The number of hydrogen-bond acceptors (Lipinski definition) is 1. The molecule has 88 valence electrons. The maximum atomic E-state index is 3.85. The second-order valence-electron chi connectivity index (χ2n) is 6.23. The molecule has 1 nitrogen and oxygen atoms in total. The Bertz CT molecular complexity index is 201. The fraction of sp³-hybridized carbons (Fsp3) is 1.00. The third-order valence-corrected chi connectivity index (χ3v) is 4.95. The van der Waals surface area contributed by atoms with Gasteiger partial charge in [-0.25, -0.2) is 0 Å². The molecule has 2 saturated carbocycles. The average Bonchev–Trinajstić information content (AvgIpc) is 2.99. The van der Waals surface area contributed by atoms with Gasteiger partial charge in [-0.15, -0.1) is 0 Å². The van der Waals surface area contributed by atoms with E-state index in [4.69, 9.17) is 0 Å². The van der Waals surface area contributed by atoms with Crippen molar-refractivity contribution in [3.63, 3.8) is 0 Å². The summed E-state index contributed by atoms with van der Waals surface area (Å²) in [6.45, 7) is 7.21. The summed E-state index contributed by atoms with van der Waals surface area (Å²) < 4.78 is 0. The lowest BCUT2D eigenvalue weighted by Crippen LogP contribution is -2.43. The van der Waals surface area contributed by atoms with E-state index in [0.29, 0.717) is 5.41 Å². The van der Waals surface area contributed by atoms with Crippen molar-refractivity contribution in [2.24, 2.45) is 11.3 Å². The molecule has 2 unspecified atom stereocenters. The molecule has 0 aromatic rings. The summed E-state index contributed by atoms with van der Waals surface area (Å²) in [6.07, 6.45) is 10.2. The van der Waals surface area contributed by atoms with Crippen molar-refractivity contribution in [2.45, 2.75) is 77.8 Å². The lowest BCUT2D eigenvalue weighted by Gasteiger charge is -2.32. The van der Waals surface area contributed by atoms with Crippen LogP contribution < -0.4 is 5.32 Å². The zero-order valence-electron chi connectivity index (χ0n) is 10.7. The lowest BCUT2D eigenvalue weighted by atomic mass is 9.84. The molecule has 0 spiro atoms. The molecule has 1 N–H and O–H groups in total. The summed E-state index contributed by atoms with van der Waals surface area (Å²) in [5, 5.41) is 3.85. The van der Waals surface area contributed by atoms with Gasteiger partial charge in [0.15, 0.2) is 0 Å². The Morgan fingerprint density at radius 2 is 1.67 bits per heavy atom. The minimum absolute atomic E-state index is 0.628. The second kappa shape index (κ2) is 4.45. The quantitative estimate of drug-likeness (QED) is 0.744. The van der Waals surface area contributed by atoms with Crippen LogP contribution in [0.3, 0.4) is 0 Å². The van der Waals surface area contributed by atoms with Gasteiger partial charge in [-0.2, -0.15) is 0 Å². The van der Waals surface area contributed by atoms with E-state index in [0.717, 1.165) is 18.0 Å².